The summed E-state index contributed by atoms with van der Waals surface area (Å²) in [6.07, 6.45) is 3.60. The molecule has 0 saturated carbocycles. The molecular formula is C18H13BCl2N2O2. The van der Waals surface area contributed by atoms with Crippen LogP contribution in [0.3, 0.4) is 0 Å². The zero-order chi connectivity index (χ0) is 17.8. The number of halogens is 2. The molecule has 4 rings (SSSR count). The van der Waals surface area contributed by atoms with E-state index in [2.05, 4.69) is 34.2 Å². The topological polar surface area (TPSA) is 66.2 Å². The smallest absolute Gasteiger partial charge is 0.423 e. The van der Waals surface area contributed by atoms with Crippen LogP contribution in [-0.4, -0.2) is 27.1 Å². The molecule has 7 heteroatoms. The number of fused-ring (bicyclic) bond motifs is 3. The van der Waals surface area contributed by atoms with Crippen molar-refractivity contribution >= 4 is 57.6 Å². The Hall–Kier alpha value is -2.18. The number of benzene rings is 2. The summed E-state index contributed by atoms with van der Waals surface area (Å²) in [5.74, 6) is 0. The molecule has 0 saturated heterocycles. The fourth-order valence-corrected chi connectivity index (χ4v) is 3.03. The number of pyridine rings is 2. The zero-order valence-corrected chi connectivity index (χ0v) is 14.5. The predicted octanol–water partition coefficient (Wildman–Crippen LogP) is 3.46. The molecule has 0 atom stereocenters. The summed E-state index contributed by atoms with van der Waals surface area (Å²) < 4.78 is 0. The lowest BCUT2D eigenvalue weighted by Crippen LogP contribution is -2.31. The Morgan fingerprint density at radius 1 is 0.680 bits per heavy atom. The van der Waals surface area contributed by atoms with E-state index in [0.717, 1.165) is 21.8 Å². The van der Waals surface area contributed by atoms with Gasteiger partial charge in [0.2, 0.25) is 0 Å². The first-order valence-electron chi connectivity index (χ1n) is 7.46. The normalized spacial score (nSPS) is 10.4. The first-order chi connectivity index (χ1) is 12.1. The maximum atomic E-state index is 8.77. The number of nitrogens with zero attached hydrogens (tertiary/aromatic N) is 2. The summed E-state index contributed by atoms with van der Waals surface area (Å²) in [5.41, 5.74) is 2.10. The van der Waals surface area contributed by atoms with E-state index in [-0.39, 0.29) is 15.5 Å². The van der Waals surface area contributed by atoms with Crippen molar-refractivity contribution in [1.82, 2.24) is 9.97 Å². The van der Waals surface area contributed by atoms with Gasteiger partial charge in [-0.15, -0.1) is 0 Å². The maximum absolute atomic E-state index is 8.77. The Balaban J connectivity index is 0.000000151. The fraction of sp³-hybridized carbons (Fsp3) is 0. The van der Waals surface area contributed by atoms with E-state index >= 15 is 0 Å². The maximum Gasteiger partial charge on any atom is 0.491 e. The van der Waals surface area contributed by atoms with E-state index in [1.807, 2.05) is 12.1 Å². The van der Waals surface area contributed by atoms with Gasteiger partial charge in [0, 0.05) is 38.7 Å². The van der Waals surface area contributed by atoms with Crippen LogP contribution in [0.15, 0.2) is 67.0 Å². The molecule has 2 aromatic heterocycles. The van der Waals surface area contributed by atoms with Crippen molar-refractivity contribution in [2.45, 2.75) is 0 Å². The van der Waals surface area contributed by atoms with Crippen LogP contribution in [-0.2, 0) is 0 Å². The Morgan fingerprint density at radius 2 is 1.16 bits per heavy atom. The van der Waals surface area contributed by atoms with Gasteiger partial charge in [0.15, 0.2) is 0 Å². The van der Waals surface area contributed by atoms with Crippen LogP contribution >= 0.6 is 23.2 Å². The van der Waals surface area contributed by atoms with E-state index in [1.54, 1.807) is 30.6 Å². The van der Waals surface area contributed by atoms with Crippen molar-refractivity contribution in [2.24, 2.45) is 0 Å². The lowest BCUT2D eigenvalue weighted by molar-refractivity contribution is 0.426. The van der Waals surface area contributed by atoms with Crippen LogP contribution in [0.5, 0.6) is 0 Å². The van der Waals surface area contributed by atoms with Crippen molar-refractivity contribution in [3.63, 3.8) is 0 Å². The van der Waals surface area contributed by atoms with E-state index in [4.69, 9.17) is 33.2 Å². The number of aromatic nitrogens is 2. The second-order valence-corrected chi connectivity index (χ2v) is 6.04. The van der Waals surface area contributed by atoms with Gasteiger partial charge in [0.25, 0.3) is 0 Å². The minimum absolute atomic E-state index is 0.149. The van der Waals surface area contributed by atoms with Crippen LogP contribution in [0.1, 0.15) is 0 Å². The van der Waals surface area contributed by atoms with Gasteiger partial charge in [-0.2, -0.15) is 0 Å². The van der Waals surface area contributed by atoms with Gasteiger partial charge in [-0.05, 0) is 24.3 Å². The minimum Gasteiger partial charge on any atom is -0.423 e. The second kappa shape index (κ2) is 7.80. The molecule has 0 unspecified atom stereocenters. The number of hydrogen-bond acceptors (Lipinski definition) is 4. The highest BCUT2D eigenvalue weighted by atomic mass is 35.5. The summed E-state index contributed by atoms with van der Waals surface area (Å²) >= 11 is 11.2. The van der Waals surface area contributed by atoms with Crippen LogP contribution in [0, 0.1) is 0 Å². The molecule has 0 aliphatic carbocycles. The molecule has 0 bridgehead atoms. The Morgan fingerprint density at radius 3 is 1.56 bits per heavy atom. The number of hydrogen-bond donors (Lipinski definition) is 2. The number of rotatable bonds is 1. The lowest BCUT2D eigenvalue weighted by Gasteiger charge is -2.03. The minimum atomic E-state index is -1.61. The highest BCUT2D eigenvalue weighted by Gasteiger charge is 2.18. The van der Waals surface area contributed by atoms with Gasteiger partial charge in [-0.25, -0.2) is 0 Å². The van der Waals surface area contributed by atoms with Gasteiger partial charge in [0.05, 0.1) is 11.0 Å². The zero-order valence-electron chi connectivity index (χ0n) is 13.0. The quantitative estimate of drug-likeness (QED) is 0.397. The predicted molar refractivity (Wildman–Crippen MR) is 103 cm³/mol. The van der Waals surface area contributed by atoms with Gasteiger partial charge in [-0.3, -0.25) is 9.97 Å². The van der Waals surface area contributed by atoms with E-state index in [0.29, 0.717) is 0 Å². The molecule has 0 amide bonds. The Kier molecular flexibility index (Phi) is 5.51. The molecule has 25 heavy (non-hydrogen) atoms. The van der Waals surface area contributed by atoms with Crippen molar-refractivity contribution in [3.8, 4) is 0 Å². The largest absolute Gasteiger partial charge is 0.491 e. The third-order valence-electron chi connectivity index (χ3n) is 3.60. The molecule has 0 radical (unpaired) electrons. The summed E-state index contributed by atoms with van der Waals surface area (Å²) in [6.45, 7) is 0. The van der Waals surface area contributed by atoms with Crippen LogP contribution in [0.4, 0.5) is 0 Å². The molecule has 0 aliphatic rings. The van der Waals surface area contributed by atoms with Gasteiger partial charge >= 0.3 is 7.12 Å². The van der Waals surface area contributed by atoms with Gasteiger partial charge in [0.1, 0.15) is 0 Å². The van der Waals surface area contributed by atoms with Crippen molar-refractivity contribution in [3.05, 3.63) is 77.0 Å². The van der Waals surface area contributed by atoms with E-state index < -0.39 is 7.12 Å². The molecule has 124 valence electrons. The highest BCUT2D eigenvalue weighted by Crippen LogP contribution is 2.20. The molecule has 4 aromatic rings. The fourth-order valence-electron chi connectivity index (χ4n) is 2.44. The molecule has 0 spiro atoms. The van der Waals surface area contributed by atoms with Crippen molar-refractivity contribution in [1.29, 1.82) is 0 Å². The molecule has 4 nitrogen and oxygen atoms in total. The average molecular weight is 371 g/mol. The average Bonchev–Trinajstić information content (AvgIpc) is 2.62. The van der Waals surface area contributed by atoms with Crippen molar-refractivity contribution < 1.29 is 10.0 Å². The third-order valence-corrected chi connectivity index (χ3v) is 4.26. The first-order valence-corrected chi connectivity index (χ1v) is 8.22. The molecule has 0 aliphatic heterocycles. The molecule has 2 N–H and O–H groups in total. The summed E-state index contributed by atoms with van der Waals surface area (Å²) in [4.78, 5) is 8.69. The monoisotopic (exact) mass is 370 g/mol. The van der Waals surface area contributed by atoms with Crippen LogP contribution in [0.2, 0.25) is 10.0 Å². The summed E-state index contributed by atoms with van der Waals surface area (Å²) in [7, 11) is -1.61. The SMILES string of the molecule is OB(O)c1c(Cl)cccc1Cl.c1cnc2c(c1)ccc1cccnc12. The standard InChI is InChI=1S/C12H8N2.C6H5BCl2O2/c1-3-9-5-6-10-4-2-8-14-12(10)11(9)13-7-1;8-4-2-1-3-5(9)6(4)7(10)11/h1-8H;1-3,10-11H. The molecular weight excluding hydrogens is 358 g/mol. The van der Waals surface area contributed by atoms with Gasteiger partial charge < -0.3 is 10.0 Å². The molecule has 2 heterocycles. The Labute approximate surface area is 154 Å². The Bertz CT molecular complexity index is 953. The summed E-state index contributed by atoms with van der Waals surface area (Å²) in [6, 6.07) is 16.9. The van der Waals surface area contributed by atoms with E-state index in [9.17, 15) is 0 Å². The van der Waals surface area contributed by atoms with E-state index in [1.165, 1.54) is 0 Å². The summed E-state index contributed by atoms with van der Waals surface area (Å²) in [5, 5.41) is 20.3. The van der Waals surface area contributed by atoms with Crippen molar-refractivity contribution in [2.75, 3.05) is 0 Å². The molecule has 2 aromatic carbocycles. The lowest BCUT2D eigenvalue weighted by atomic mass is 9.80. The third kappa shape index (κ3) is 3.91. The highest BCUT2D eigenvalue weighted by molar-refractivity contribution is 6.66. The van der Waals surface area contributed by atoms with Gasteiger partial charge in [-0.1, -0.05) is 53.5 Å². The molecule has 0 fully saturated rings. The van der Waals surface area contributed by atoms with Crippen LogP contribution < -0.4 is 5.46 Å². The van der Waals surface area contributed by atoms with Crippen LogP contribution in [0.25, 0.3) is 21.8 Å². The first kappa shape index (κ1) is 17.6. The second-order valence-electron chi connectivity index (χ2n) is 5.22.